The van der Waals surface area contributed by atoms with Gasteiger partial charge in [-0.15, -0.1) is 23.2 Å². The van der Waals surface area contributed by atoms with Gasteiger partial charge in [-0.1, -0.05) is 129 Å². The largest absolute Gasteiger partial charge is 0.127 e. The zero-order valence-corrected chi connectivity index (χ0v) is 19.8. The molecule has 0 aromatic carbocycles. The Hall–Kier alpha value is 0.580. The van der Waals surface area contributed by atoms with E-state index in [0.717, 1.165) is 11.8 Å². The second kappa shape index (κ2) is 30.3. The van der Waals surface area contributed by atoms with E-state index in [1.165, 1.54) is 128 Å². The SMILES string of the molecule is CCCCCCCCCCCCCl.CCCCCCCCCCCCCl. The Balaban J connectivity index is 0. The van der Waals surface area contributed by atoms with E-state index in [-0.39, 0.29) is 0 Å². The molecule has 0 fully saturated rings. The van der Waals surface area contributed by atoms with Gasteiger partial charge in [-0.25, -0.2) is 0 Å². The molecule has 0 saturated heterocycles. The van der Waals surface area contributed by atoms with E-state index >= 15 is 0 Å². The average molecular weight is 410 g/mol. The monoisotopic (exact) mass is 408 g/mol. The third kappa shape index (κ3) is 32.3. The Morgan fingerprint density at radius 1 is 0.308 bits per heavy atom. The zero-order valence-electron chi connectivity index (χ0n) is 18.3. The van der Waals surface area contributed by atoms with Crippen molar-refractivity contribution in [2.75, 3.05) is 11.8 Å². The molecule has 0 nitrogen and oxygen atoms in total. The summed E-state index contributed by atoms with van der Waals surface area (Å²) in [4.78, 5) is 0. The third-order valence-corrected chi connectivity index (χ3v) is 5.51. The molecule has 0 aliphatic rings. The molecule has 0 aliphatic heterocycles. The average Bonchev–Trinajstić information content (AvgIpc) is 2.66. The summed E-state index contributed by atoms with van der Waals surface area (Å²) in [5.41, 5.74) is 0. The second-order valence-corrected chi connectivity index (χ2v) is 8.50. The van der Waals surface area contributed by atoms with Crippen molar-refractivity contribution in [2.45, 2.75) is 142 Å². The van der Waals surface area contributed by atoms with Gasteiger partial charge in [0.1, 0.15) is 0 Å². The summed E-state index contributed by atoms with van der Waals surface area (Å²) >= 11 is 11.2. The van der Waals surface area contributed by atoms with Gasteiger partial charge in [0.15, 0.2) is 0 Å². The maximum absolute atomic E-state index is 5.60. The molecule has 26 heavy (non-hydrogen) atoms. The van der Waals surface area contributed by atoms with Crippen LogP contribution in [-0.4, -0.2) is 11.8 Å². The summed E-state index contributed by atoms with van der Waals surface area (Å²) in [6.07, 6.45) is 27.8. The lowest BCUT2D eigenvalue weighted by atomic mass is 10.1. The van der Waals surface area contributed by atoms with Crippen molar-refractivity contribution in [1.29, 1.82) is 0 Å². The van der Waals surface area contributed by atoms with E-state index in [1.807, 2.05) is 0 Å². The van der Waals surface area contributed by atoms with Crippen LogP contribution in [0.3, 0.4) is 0 Å². The van der Waals surface area contributed by atoms with Crippen LogP contribution < -0.4 is 0 Å². The summed E-state index contributed by atoms with van der Waals surface area (Å²) in [5.74, 6) is 1.69. The van der Waals surface area contributed by atoms with Crippen LogP contribution in [-0.2, 0) is 0 Å². The van der Waals surface area contributed by atoms with Crippen LogP contribution in [0.5, 0.6) is 0 Å². The maximum Gasteiger partial charge on any atom is 0.0223 e. The number of unbranched alkanes of at least 4 members (excludes halogenated alkanes) is 18. The second-order valence-electron chi connectivity index (χ2n) is 7.74. The highest BCUT2D eigenvalue weighted by molar-refractivity contribution is 6.18. The first-order valence-electron chi connectivity index (χ1n) is 11.9. The number of rotatable bonds is 20. The molecular formula is C24H50Cl2. The fraction of sp³-hybridized carbons (Fsp3) is 1.00. The highest BCUT2D eigenvalue weighted by Gasteiger charge is 1.92. The molecule has 0 unspecified atom stereocenters. The van der Waals surface area contributed by atoms with Gasteiger partial charge >= 0.3 is 0 Å². The highest BCUT2D eigenvalue weighted by Crippen LogP contribution is 2.11. The van der Waals surface area contributed by atoms with Crippen molar-refractivity contribution in [2.24, 2.45) is 0 Å². The molecule has 0 heterocycles. The predicted octanol–water partition coefficient (Wildman–Crippen LogP) is 10.3. The lowest BCUT2D eigenvalue weighted by Gasteiger charge is -2.00. The maximum atomic E-state index is 5.60. The molecule has 2 heteroatoms. The first kappa shape index (κ1) is 28.8. The van der Waals surface area contributed by atoms with Crippen molar-refractivity contribution < 1.29 is 0 Å². The van der Waals surface area contributed by atoms with Gasteiger partial charge in [-0.05, 0) is 12.8 Å². The van der Waals surface area contributed by atoms with Crippen molar-refractivity contribution in [1.82, 2.24) is 0 Å². The van der Waals surface area contributed by atoms with Gasteiger partial charge in [0.25, 0.3) is 0 Å². The fourth-order valence-electron chi connectivity index (χ4n) is 3.16. The van der Waals surface area contributed by atoms with Crippen LogP contribution in [0.25, 0.3) is 0 Å². The van der Waals surface area contributed by atoms with Crippen molar-refractivity contribution in [3.63, 3.8) is 0 Å². The van der Waals surface area contributed by atoms with E-state index in [9.17, 15) is 0 Å². The zero-order chi connectivity index (χ0) is 19.6. The first-order chi connectivity index (χ1) is 12.8. The first-order valence-corrected chi connectivity index (χ1v) is 13.0. The van der Waals surface area contributed by atoms with Gasteiger partial charge in [-0.3, -0.25) is 0 Å². The molecule has 0 saturated carbocycles. The van der Waals surface area contributed by atoms with Crippen molar-refractivity contribution in [3.05, 3.63) is 0 Å². The van der Waals surface area contributed by atoms with Crippen LogP contribution in [0.4, 0.5) is 0 Å². The lowest BCUT2D eigenvalue weighted by molar-refractivity contribution is 0.563. The molecule has 0 rings (SSSR count). The van der Waals surface area contributed by atoms with Crippen LogP contribution >= 0.6 is 23.2 Å². The standard InChI is InChI=1S/2C12H25Cl/c2*1-2-3-4-5-6-7-8-9-10-11-12-13/h2*2-12H2,1H3. The lowest BCUT2D eigenvalue weighted by Crippen LogP contribution is -1.81. The minimum absolute atomic E-state index is 0.844. The Morgan fingerprint density at radius 2 is 0.500 bits per heavy atom. The van der Waals surface area contributed by atoms with Gasteiger partial charge in [0.2, 0.25) is 0 Å². The minimum atomic E-state index is 0.844. The molecule has 0 spiro atoms. The number of halogens is 2. The van der Waals surface area contributed by atoms with E-state index in [4.69, 9.17) is 23.2 Å². The molecule has 0 aromatic rings. The van der Waals surface area contributed by atoms with Crippen LogP contribution in [0.15, 0.2) is 0 Å². The van der Waals surface area contributed by atoms with Crippen LogP contribution in [0.1, 0.15) is 142 Å². The summed E-state index contributed by atoms with van der Waals surface area (Å²) in [6, 6.07) is 0. The summed E-state index contributed by atoms with van der Waals surface area (Å²) in [7, 11) is 0. The Labute approximate surface area is 177 Å². The van der Waals surface area contributed by atoms with E-state index < -0.39 is 0 Å². The third-order valence-electron chi connectivity index (χ3n) is 4.97. The topological polar surface area (TPSA) is 0 Å². The number of hydrogen-bond acceptors (Lipinski definition) is 0. The molecule has 0 N–H and O–H groups in total. The molecule has 0 radical (unpaired) electrons. The van der Waals surface area contributed by atoms with Gasteiger partial charge in [-0.2, -0.15) is 0 Å². The molecule has 0 bridgehead atoms. The normalized spacial score (nSPS) is 10.6. The fourth-order valence-corrected chi connectivity index (χ4v) is 3.54. The quantitative estimate of drug-likeness (QED) is 0.139. The number of hydrogen-bond donors (Lipinski definition) is 0. The molecular weight excluding hydrogens is 359 g/mol. The molecule has 0 aliphatic carbocycles. The summed E-state index contributed by atoms with van der Waals surface area (Å²) < 4.78 is 0. The Bertz CT molecular complexity index is 164. The van der Waals surface area contributed by atoms with Gasteiger partial charge in [0, 0.05) is 11.8 Å². The van der Waals surface area contributed by atoms with Gasteiger partial charge in [0.05, 0.1) is 0 Å². The number of alkyl halides is 2. The summed E-state index contributed by atoms with van der Waals surface area (Å²) in [6.45, 7) is 4.54. The van der Waals surface area contributed by atoms with E-state index in [0.29, 0.717) is 0 Å². The smallest absolute Gasteiger partial charge is 0.0223 e. The van der Waals surface area contributed by atoms with Crippen molar-refractivity contribution >= 4 is 23.2 Å². The summed E-state index contributed by atoms with van der Waals surface area (Å²) in [5, 5.41) is 0. The highest BCUT2D eigenvalue weighted by atomic mass is 35.5. The Kier molecular flexibility index (Phi) is 33.6. The minimum Gasteiger partial charge on any atom is -0.127 e. The van der Waals surface area contributed by atoms with E-state index in [2.05, 4.69) is 13.8 Å². The predicted molar refractivity (Wildman–Crippen MR) is 125 cm³/mol. The van der Waals surface area contributed by atoms with Crippen molar-refractivity contribution in [3.8, 4) is 0 Å². The molecule has 160 valence electrons. The Morgan fingerprint density at radius 3 is 0.692 bits per heavy atom. The van der Waals surface area contributed by atoms with Crippen LogP contribution in [0.2, 0.25) is 0 Å². The molecule has 0 atom stereocenters. The van der Waals surface area contributed by atoms with E-state index in [1.54, 1.807) is 0 Å². The molecule has 0 amide bonds. The molecule has 0 aromatic heterocycles. The van der Waals surface area contributed by atoms with Gasteiger partial charge < -0.3 is 0 Å². The van der Waals surface area contributed by atoms with Crippen LogP contribution in [0, 0.1) is 0 Å².